The Morgan fingerprint density at radius 3 is 2.54 bits per heavy atom. The van der Waals surface area contributed by atoms with E-state index in [0.29, 0.717) is 0 Å². The maximum absolute atomic E-state index is 12.8. The molecule has 0 aliphatic rings. The Hall–Kier alpha value is -2.36. The smallest absolute Gasteiger partial charge is 0.325 e. The highest BCUT2D eigenvalue weighted by molar-refractivity contribution is 9.10. The van der Waals surface area contributed by atoms with Gasteiger partial charge in [0, 0.05) is 16.5 Å². The topological polar surface area (TPSA) is 98.5 Å². The number of carbonyl (C=O) groups is 1. The molecular weight excluding hydrogens is 448 g/mol. The number of rotatable bonds is 9. The van der Waals surface area contributed by atoms with Crippen LogP contribution in [0.1, 0.15) is 18.4 Å². The standard InChI is InChI=1S/C19H19BrN2O5S/c1-3-15(13-9-11-14(20)12-10-13)18(19(23)27-4-2)21-28(26)17-8-6-5-7-16(17)22(24)25/h3,5-12,15,18,21H,1,4H2,2H3/t15-,18-,28?/m0/s1. The molecule has 28 heavy (non-hydrogen) atoms. The van der Waals surface area contributed by atoms with E-state index in [1.165, 1.54) is 18.2 Å². The molecule has 0 aromatic heterocycles. The number of hydrogen-bond acceptors (Lipinski definition) is 5. The normalized spacial score (nSPS) is 13.9. The lowest BCUT2D eigenvalue weighted by atomic mass is 9.92. The van der Waals surface area contributed by atoms with Crippen LogP contribution < -0.4 is 4.72 Å². The molecule has 0 aliphatic heterocycles. The van der Waals surface area contributed by atoms with Gasteiger partial charge >= 0.3 is 5.97 Å². The summed E-state index contributed by atoms with van der Waals surface area (Å²) < 4.78 is 21.5. The summed E-state index contributed by atoms with van der Waals surface area (Å²) in [6.07, 6.45) is 1.55. The molecule has 0 spiro atoms. The van der Waals surface area contributed by atoms with Crippen molar-refractivity contribution < 1.29 is 18.7 Å². The van der Waals surface area contributed by atoms with Gasteiger partial charge in [-0.2, -0.15) is 0 Å². The number of para-hydroxylation sites is 1. The van der Waals surface area contributed by atoms with Crippen molar-refractivity contribution in [2.45, 2.75) is 23.8 Å². The average molecular weight is 467 g/mol. The molecule has 3 atom stereocenters. The Labute approximate surface area is 173 Å². The Morgan fingerprint density at radius 1 is 1.32 bits per heavy atom. The van der Waals surface area contributed by atoms with Crippen LogP contribution in [0.3, 0.4) is 0 Å². The van der Waals surface area contributed by atoms with E-state index in [1.807, 2.05) is 12.1 Å². The van der Waals surface area contributed by atoms with Crippen LogP contribution in [0.4, 0.5) is 5.69 Å². The second kappa shape index (κ2) is 10.3. The highest BCUT2D eigenvalue weighted by atomic mass is 79.9. The molecule has 0 amide bonds. The van der Waals surface area contributed by atoms with E-state index < -0.39 is 33.8 Å². The molecule has 9 heteroatoms. The number of nitrogens with one attached hydrogen (secondary N) is 1. The Bertz CT molecular complexity index is 888. The van der Waals surface area contributed by atoms with Crippen molar-refractivity contribution in [1.29, 1.82) is 0 Å². The highest BCUT2D eigenvalue weighted by Crippen LogP contribution is 2.26. The minimum Gasteiger partial charge on any atom is -0.465 e. The van der Waals surface area contributed by atoms with Crippen molar-refractivity contribution in [3.05, 3.63) is 81.3 Å². The zero-order valence-corrected chi connectivity index (χ0v) is 17.4. The lowest BCUT2D eigenvalue weighted by Gasteiger charge is -2.24. The van der Waals surface area contributed by atoms with Crippen LogP contribution in [0.25, 0.3) is 0 Å². The van der Waals surface area contributed by atoms with Gasteiger partial charge in [-0.25, -0.2) is 8.93 Å². The first-order valence-electron chi connectivity index (χ1n) is 8.35. The van der Waals surface area contributed by atoms with Crippen LogP contribution in [-0.4, -0.2) is 27.8 Å². The first-order valence-corrected chi connectivity index (χ1v) is 10.3. The predicted molar refractivity (Wildman–Crippen MR) is 110 cm³/mol. The van der Waals surface area contributed by atoms with Gasteiger partial charge in [-0.15, -0.1) is 6.58 Å². The van der Waals surface area contributed by atoms with Crippen LogP contribution >= 0.6 is 15.9 Å². The molecule has 7 nitrogen and oxygen atoms in total. The van der Waals surface area contributed by atoms with E-state index in [2.05, 4.69) is 27.2 Å². The third-order valence-electron chi connectivity index (χ3n) is 3.90. The van der Waals surface area contributed by atoms with Gasteiger partial charge in [0.25, 0.3) is 5.69 Å². The summed E-state index contributed by atoms with van der Waals surface area (Å²) in [6.45, 7) is 5.58. The lowest BCUT2D eigenvalue weighted by Crippen LogP contribution is -2.43. The van der Waals surface area contributed by atoms with E-state index in [1.54, 1.807) is 31.2 Å². The number of ether oxygens (including phenoxy) is 1. The fraction of sp³-hybridized carbons (Fsp3) is 0.211. The van der Waals surface area contributed by atoms with Gasteiger partial charge in [0.2, 0.25) is 0 Å². The summed E-state index contributed by atoms with van der Waals surface area (Å²) in [5.41, 5.74) is 0.457. The molecule has 2 aromatic rings. The minimum atomic E-state index is -2.02. The van der Waals surface area contributed by atoms with Gasteiger partial charge in [-0.3, -0.25) is 14.9 Å². The van der Waals surface area contributed by atoms with Crippen LogP contribution in [0, 0.1) is 10.1 Å². The maximum atomic E-state index is 12.8. The predicted octanol–water partition coefficient (Wildman–Crippen LogP) is 3.87. The maximum Gasteiger partial charge on any atom is 0.325 e. The summed E-state index contributed by atoms with van der Waals surface area (Å²) in [5, 5.41) is 11.2. The summed E-state index contributed by atoms with van der Waals surface area (Å²) in [7, 11) is -2.02. The third-order valence-corrected chi connectivity index (χ3v) is 5.65. The van der Waals surface area contributed by atoms with Crippen molar-refractivity contribution in [1.82, 2.24) is 4.72 Å². The molecule has 0 heterocycles. The number of nitro benzene ring substituents is 1. The molecule has 1 unspecified atom stereocenters. The molecular formula is C19H19BrN2O5S. The van der Waals surface area contributed by atoms with Gasteiger partial charge in [-0.1, -0.05) is 46.3 Å². The molecule has 0 saturated carbocycles. The minimum absolute atomic E-state index is 0.0274. The fourth-order valence-corrected chi connectivity index (χ4v) is 3.99. The van der Waals surface area contributed by atoms with Crippen LogP contribution in [0.5, 0.6) is 0 Å². The first kappa shape index (κ1) is 21.9. The second-order valence-corrected chi connectivity index (χ2v) is 7.78. The SMILES string of the molecule is C=C[C@@H](c1ccc(Br)cc1)[C@H](NS(=O)c1ccccc1[N+](=O)[O-])C(=O)OCC. The lowest BCUT2D eigenvalue weighted by molar-refractivity contribution is -0.387. The molecule has 2 aromatic carbocycles. The molecule has 148 valence electrons. The quantitative estimate of drug-likeness (QED) is 0.261. The van der Waals surface area contributed by atoms with Gasteiger partial charge in [-0.05, 0) is 30.7 Å². The van der Waals surface area contributed by atoms with Gasteiger partial charge in [0.15, 0.2) is 0 Å². The Balaban J connectivity index is 2.39. The number of nitrogens with zero attached hydrogens (tertiary/aromatic N) is 1. The van der Waals surface area contributed by atoms with E-state index in [4.69, 9.17) is 4.74 Å². The Kier molecular flexibility index (Phi) is 8.04. The first-order chi connectivity index (χ1) is 13.4. The average Bonchev–Trinajstić information content (AvgIpc) is 2.69. The molecule has 0 aliphatic carbocycles. The zero-order valence-electron chi connectivity index (χ0n) is 15.0. The van der Waals surface area contributed by atoms with E-state index in [0.717, 1.165) is 10.0 Å². The summed E-state index contributed by atoms with van der Waals surface area (Å²) in [4.78, 5) is 23.1. The summed E-state index contributed by atoms with van der Waals surface area (Å²) in [5.74, 6) is -1.18. The number of carbonyl (C=O) groups excluding carboxylic acids is 1. The molecule has 0 saturated heterocycles. The van der Waals surface area contributed by atoms with Crippen molar-refractivity contribution >= 4 is 38.6 Å². The van der Waals surface area contributed by atoms with E-state index in [9.17, 15) is 19.1 Å². The summed E-state index contributed by atoms with van der Waals surface area (Å²) >= 11 is 3.35. The van der Waals surface area contributed by atoms with Crippen molar-refractivity contribution in [3.8, 4) is 0 Å². The van der Waals surface area contributed by atoms with Crippen molar-refractivity contribution in [3.63, 3.8) is 0 Å². The van der Waals surface area contributed by atoms with E-state index >= 15 is 0 Å². The van der Waals surface area contributed by atoms with Crippen molar-refractivity contribution in [2.24, 2.45) is 0 Å². The number of hydrogen-bond donors (Lipinski definition) is 1. The largest absolute Gasteiger partial charge is 0.465 e. The molecule has 2 rings (SSSR count). The molecule has 0 bridgehead atoms. The van der Waals surface area contributed by atoms with Crippen LogP contribution in [0.15, 0.2) is 70.6 Å². The van der Waals surface area contributed by atoms with Gasteiger partial charge in [0.05, 0.1) is 11.5 Å². The number of benzene rings is 2. The van der Waals surface area contributed by atoms with Crippen LogP contribution in [-0.2, 0) is 20.5 Å². The monoisotopic (exact) mass is 466 g/mol. The van der Waals surface area contributed by atoms with E-state index in [-0.39, 0.29) is 17.2 Å². The number of esters is 1. The highest BCUT2D eigenvalue weighted by Gasteiger charge is 2.32. The second-order valence-electron chi connectivity index (χ2n) is 5.65. The number of nitro groups is 1. The zero-order chi connectivity index (χ0) is 20.7. The van der Waals surface area contributed by atoms with Gasteiger partial charge in [0.1, 0.15) is 21.9 Å². The Morgan fingerprint density at radius 2 is 1.96 bits per heavy atom. The fourth-order valence-electron chi connectivity index (χ4n) is 2.59. The number of halogens is 1. The van der Waals surface area contributed by atoms with Crippen molar-refractivity contribution in [2.75, 3.05) is 6.61 Å². The summed E-state index contributed by atoms with van der Waals surface area (Å²) in [6, 6.07) is 11.9. The van der Waals surface area contributed by atoms with Crippen LogP contribution in [0.2, 0.25) is 0 Å². The molecule has 1 N–H and O–H groups in total. The molecule has 0 radical (unpaired) electrons. The van der Waals surface area contributed by atoms with Gasteiger partial charge < -0.3 is 4.74 Å². The third kappa shape index (κ3) is 5.34. The molecule has 0 fully saturated rings.